The minimum absolute atomic E-state index is 0.0977. The van der Waals surface area contributed by atoms with Crippen molar-refractivity contribution < 1.29 is 13.2 Å². The molecule has 1 fully saturated rings. The molecule has 0 radical (unpaired) electrons. The van der Waals surface area contributed by atoms with Crippen LogP contribution in [0.25, 0.3) is 0 Å². The first-order valence-electron chi connectivity index (χ1n) is 6.18. The zero-order valence-electron chi connectivity index (χ0n) is 10.5. The van der Waals surface area contributed by atoms with Crippen LogP contribution in [0.15, 0.2) is 12.1 Å². The van der Waals surface area contributed by atoms with Gasteiger partial charge in [0, 0.05) is 25.2 Å². The number of rotatable bonds is 2. The summed E-state index contributed by atoms with van der Waals surface area (Å²) in [4.78, 5) is 1.82. The van der Waals surface area contributed by atoms with Gasteiger partial charge in [-0.2, -0.15) is 0 Å². The topological polar surface area (TPSA) is 15.3 Å². The molecular weight excluding hydrogens is 241 g/mol. The van der Waals surface area contributed by atoms with Crippen LogP contribution in [0.5, 0.6) is 0 Å². The summed E-state index contributed by atoms with van der Waals surface area (Å²) in [5, 5.41) is 3.30. The van der Waals surface area contributed by atoms with Crippen LogP contribution in [0.1, 0.15) is 20.3 Å². The summed E-state index contributed by atoms with van der Waals surface area (Å²) in [5.74, 6) is -3.64. The molecule has 1 saturated heterocycles. The van der Waals surface area contributed by atoms with Gasteiger partial charge in [0.1, 0.15) is 0 Å². The second kappa shape index (κ2) is 5.18. The number of nitrogens with zero attached hydrogens (tertiary/aromatic N) is 1. The number of piperazine rings is 1. The summed E-state index contributed by atoms with van der Waals surface area (Å²) in [6, 6.07) is 2.59. The van der Waals surface area contributed by atoms with Crippen LogP contribution < -0.4 is 10.2 Å². The highest BCUT2D eigenvalue weighted by Crippen LogP contribution is 2.27. The van der Waals surface area contributed by atoms with Crippen LogP contribution in [0, 0.1) is 17.5 Å². The quantitative estimate of drug-likeness (QED) is 0.820. The SMILES string of the molecule is CCC1CNC(C)CN1c1ccc(F)c(F)c1F. The van der Waals surface area contributed by atoms with E-state index in [0.29, 0.717) is 6.54 Å². The third-order valence-electron chi connectivity index (χ3n) is 3.41. The van der Waals surface area contributed by atoms with Crippen molar-refractivity contribution in [3.63, 3.8) is 0 Å². The molecule has 5 heteroatoms. The molecule has 18 heavy (non-hydrogen) atoms. The molecule has 1 aromatic carbocycles. The predicted octanol–water partition coefficient (Wildman–Crippen LogP) is 2.68. The highest BCUT2D eigenvalue weighted by atomic mass is 19.2. The number of anilines is 1. The van der Waals surface area contributed by atoms with E-state index < -0.39 is 17.5 Å². The van der Waals surface area contributed by atoms with Crippen molar-refractivity contribution in [1.82, 2.24) is 5.32 Å². The van der Waals surface area contributed by atoms with Gasteiger partial charge in [0.15, 0.2) is 17.5 Å². The number of hydrogen-bond acceptors (Lipinski definition) is 2. The first kappa shape index (κ1) is 13.2. The molecule has 2 nitrogen and oxygen atoms in total. The Bertz CT molecular complexity index is 436. The van der Waals surface area contributed by atoms with Gasteiger partial charge in [-0.1, -0.05) is 6.92 Å². The molecule has 0 aromatic heterocycles. The molecule has 2 rings (SSSR count). The van der Waals surface area contributed by atoms with Crippen molar-refractivity contribution in [2.45, 2.75) is 32.4 Å². The Morgan fingerprint density at radius 3 is 2.67 bits per heavy atom. The van der Waals surface area contributed by atoms with Gasteiger partial charge in [0.2, 0.25) is 0 Å². The molecule has 0 spiro atoms. The Kier molecular flexibility index (Phi) is 3.80. The van der Waals surface area contributed by atoms with Crippen LogP contribution in [0.3, 0.4) is 0 Å². The van der Waals surface area contributed by atoms with Crippen molar-refractivity contribution in [3.05, 3.63) is 29.6 Å². The van der Waals surface area contributed by atoms with E-state index in [1.54, 1.807) is 0 Å². The van der Waals surface area contributed by atoms with Gasteiger partial charge in [-0.15, -0.1) is 0 Å². The van der Waals surface area contributed by atoms with E-state index in [9.17, 15) is 13.2 Å². The van der Waals surface area contributed by atoms with Gasteiger partial charge in [-0.05, 0) is 25.5 Å². The Morgan fingerprint density at radius 2 is 2.00 bits per heavy atom. The summed E-state index contributed by atoms with van der Waals surface area (Å²) >= 11 is 0. The highest BCUT2D eigenvalue weighted by molar-refractivity contribution is 5.50. The lowest BCUT2D eigenvalue weighted by atomic mass is 10.1. The normalized spacial score (nSPS) is 24.4. The van der Waals surface area contributed by atoms with E-state index in [1.807, 2.05) is 18.7 Å². The summed E-state index contributed by atoms with van der Waals surface area (Å²) in [6.45, 7) is 5.28. The van der Waals surface area contributed by atoms with Crippen LogP contribution >= 0.6 is 0 Å². The van der Waals surface area contributed by atoms with Crippen molar-refractivity contribution in [3.8, 4) is 0 Å². The maximum Gasteiger partial charge on any atom is 0.196 e. The van der Waals surface area contributed by atoms with Crippen LogP contribution in [-0.2, 0) is 0 Å². The van der Waals surface area contributed by atoms with Crippen LogP contribution in [0.4, 0.5) is 18.9 Å². The van der Waals surface area contributed by atoms with Gasteiger partial charge in [-0.25, -0.2) is 13.2 Å². The molecule has 0 aliphatic carbocycles. The van der Waals surface area contributed by atoms with Crippen LogP contribution in [0.2, 0.25) is 0 Å². The van der Waals surface area contributed by atoms with E-state index in [4.69, 9.17) is 0 Å². The molecule has 100 valence electrons. The molecule has 1 heterocycles. The number of halogens is 3. The molecular formula is C13H17F3N2. The van der Waals surface area contributed by atoms with Crippen molar-refractivity contribution in [2.24, 2.45) is 0 Å². The lowest BCUT2D eigenvalue weighted by Gasteiger charge is -2.40. The molecule has 1 N–H and O–H groups in total. The average Bonchev–Trinajstić information content (AvgIpc) is 2.36. The molecule has 2 atom stereocenters. The third-order valence-corrected chi connectivity index (χ3v) is 3.41. The number of benzene rings is 1. The first-order valence-corrected chi connectivity index (χ1v) is 6.18. The minimum Gasteiger partial charge on any atom is -0.363 e. The van der Waals surface area contributed by atoms with Crippen molar-refractivity contribution in [1.29, 1.82) is 0 Å². The summed E-state index contributed by atoms with van der Waals surface area (Å²) < 4.78 is 40.0. The lowest BCUT2D eigenvalue weighted by Crippen LogP contribution is -2.55. The first-order chi connectivity index (χ1) is 8.54. The molecule has 0 bridgehead atoms. The Balaban J connectivity index is 2.36. The maximum atomic E-state index is 13.8. The largest absolute Gasteiger partial charge is 0.363 e. The number of hydrogen-bond donors (Lipinski definition) is 1. The van der Waals surface area contributed by atoms with Gasteiger partial charge < -0.3 is 10.2 Å². The van der Waals surface area contributed by atoms with Crippen LogP contribution in [-0.4, -0.2) is 25.2 Å². The molecule has 0 saturated carbocycles. The smallest absolute Gasteiger partial charge is 0.196 e. The van der Waals surface area contributed by atoms with Gasteiger partial charge in [0.05, 0.1) is 5.69 Å². The predicted molar refractivity (Wildman–Crippen MR) is 65.2 cm³/mol. The fourth-order valence-electron chi connectivity index (χ4n) is 2.35. The minimum atomic E-state index is -1.39. The zero-order chi connectivity index (χ0) is 13.3. The summed E-state index contributed by atoms with van der Waals surface area (Å²) in [7, 11) is 0. The van der Waals surface area contributed by atoms with E-state index in [2.05, 4.69) is 5.32 Å². The van der Waals surface area contributed by atoms with E-state index in [1.165, 1.54) is 6.07 Å². The molecule has 1 aliphatic rings. The molecule has 1 aliphatic heterocycles. The standard InChI is InChI=1S/C13H17F3N2/c1-3-9-6-17-8(2)7-18(9)11-5-4-10(14)12(15)13(11)16/h4-5,8-9,17H,3,6-7H2,1-2H3. The van der Waals surface area contributed by atoms with Crippen molar-refractivity contribution in [2.75, 3.05) is 18.0 Å². The second-order valence-electron chi connectivity index (χ2n) is 4.72. The number of nitrogens with one attached hydrogen (secondary N) is 1. The molecule has 2 unspecified atom stereocenters. The van der Waals surface area contributed by atoms with E-state index in [-0.39, 0.29) is 17.8 Å². The summed E-state index contributed by atoms with van der Waals surface area (Å²) in [6.07, 6.45) is 0.818. The van der Waals surface area contributed by atoms with E-state index >= 15 is 0 Å². The molecule has 1 aromatic rings. The third kappa shape index (κ3) is 2.32. The summed E-state index contributed by atoms with van der Waals surface area (Å²) in [5.41, 5.74) is 0.147. The van der Waals surface area contributed by atoms with Gasteiger partial charge in [-0.3, -0.25) is 0 Å². The molecule has 0 amide bonds. The van der Waals surface area contributed by atoms with E-state index in [0.717, 1.165) is 19.0 Å². The zero-order valence-corrected chi connectivity index (χ0v) is 10.5. The van der Waals surface area contributed by atoms with Crippen molar-refractivity contribution >= 4 is 5.69 Å². The monoisotopic (exact) mass is 258 g/mol. The lowest BCUT2D eigenvalue weighted by molar-refractivity contribution is 0.391. The fraction of sp³-hybridized carbons (Fsp3) is 0.538. The highest BCUT2D eigenvalue weighted by Gasteiger charge is 2.28. The Hall–Kier alpha value is -1.23. The van der Waals surface area contributed by atoms with Gasteiger partial charge in [0.25, 0.3) is 0 Å². The Labute approximate surface area is 105 Å². The maximum absolute atomic E-state index is 13.8. The average molecular weight is 258 g/mol. The second-order valence-corrected chi connectivity index (χ2v) is 4.72. The Morgan fingerprint density at radius 1 is 1.28 bits per heavy atom. The van der Waals surface area contributed by atoms with Gasteiger partial charge >= 0.3 is 0 Å². The fourth-order valence-corrected chi connectivity index (χ4v) is 2.35.